The Balaban J connectivity index is 1.34. The number of ketones is 1. The van der Waals surface area contributed by atoms with Gasteiger partial charge in [0.25, 0.3) is 5.91 Å². The topological polar surface area (TPSA) is 54.8 Å². The normalized spacial score (nSPS) is 17.8. The fourth-order valence-corrected chi connectivity index (χ4v) is 5.10. The van der Waals surface area contributed by atoms with Crippen LogP contribution in [0.5, 0.6) is 5.75 Å². The maximum atomic E-state index is 13.1. The molecule has 1 saturated heterocycles. The second-order valence-electron chi connectivity index (χ2n) is 8.81. The van der Waals surface area contributed by atoms with Crippen molar-refractivity contribution >= 4 is 11.7 Å². The molecule has 31 heavy (non-hydrogen) atoms. The van der Waals surface area contributed by atoms with Crippen molar-refractivity contribution in [3.63, 3.8) is 0 Å². The van der Waals surface area contributed by atoms with Crippen molar-refractivity contribution in [2.45, 2.75) is 45.6 Å². The zero-order valence-corrected chi connectivity index (χ0v) is 18.9. The molecule has 2 fully saturated rings. The number of aromatic nitrogens is 1. The first-order valence-electron chi connectivity index (χ1n) is 11.3. The van der Waals surface area contributed by atoms with Crippen LogP contribution in [-0.2, 0) is 0 Å². The molecule has 1 saturated carbocycles. The van der Waals surface area contributed by atoms with Gasteiger partial charge in [-0.2, -0.15) is 0 Å². The van der Waals surface area contributed by atoms with Crippen molar-refractivity contribution in [3.8, 4) is 5.75 Å². The van der Waals surface area contributed by atoms with E-state index < -0.39 is 0 Å². The summed E-state index contributed by atoms with van der Waals surface area (Å²) in [7, 11) is 1.61. The third kappa shape index (κ3) is 4.54. The Labute approximate surface area is 184 Å². The number of methoxy groups -OCH3 is 1. The first-order chi connectivity index (χ1) is 15.0. The van der Waals surface area contributed by atoms with E-state index in [-0.39, 0.29) is 11.7 Å². The summed E-state index contributed by atoms with van der Waals surface area (Å²) < 4.78 is 7.54. The summed E-state index contributed by atoms with van der Waals surface area (Å²) in [5, 5.41) is 0. The van der Waals surface area contributed by atoms with Gasteiger partial charge in [0.05, 0.1) is 13.7 Å². The van der Waals surface area contributed by atoms with E-state index in [1.165, 1.54) is 31.4 Å². The summed E-state index contributed by atoms with van der Waals surface area (Å²) in [4.78, 5) is 29.9. The van der Waals surface area contributed by atoms with Crippen LogP contribution in [0.15, 0.2) is 30.3 Å². The summed E-state index contributed by atoms with van der Waals surface area (Å²) in [6.07, 6.45) is 5.00. The largest absolute Gasteiger partial charge is 0.497 e. The quantitative estimate of drug-likeness (QED) is 0.662. The van der Waals surface area contributed by atoms with Crippen molar-refractivity contribution in [2.75, 3.05) is 39.8 Å². The molecule has 0 atom stereocenters. The van der Waals surface area contributed by atoms with Gasteiger partial charge in [-0.15, -0.1) is 0 Å². The second-order valence-corrected chi connectivity index (χ2v) is 8.81. The highest BCUT2D eigenvalue weighted by atomic mass is 16.5. The first-order valence-corrected chi connectivity index (χ1v) is 11.3. The fourth-order valence-electron chi connectivity index (χ4n) is 5.10. The SMILES string of the molecule is COc1ccc(C(=O)N2CCN(CC(=O)c3cc(C)n(C4CCCC4)c3C)CC2)cc1. The van der Waals surface area contributed by atoms with Crippen LogP contribution >= 0.6 is 0 Å². The number of carbonyl (C=O) groups excluding carboxylic acids is 2. The van der Waals surface area contributed by atoms with Crippen molar-refractivity contribution in [1.29, 1.82) is 0 Å². The van der Waals surface area contributed by atoms with E-state index >= 15 is 0 Å². The van der Waals surface area contributed by atoms with E-state index in [9.17, 15) is 9.59 Å². The van der Waals surface area contributed by atoms with E-state index in [4.69, 9.17) is 4.74 Å². The molecule has 1 aliphatic heterocycles. The predicted octanol–water partition coefficient (Wildman–Crippen LogP) is 3.87. The minimum absolute atomic E-state index is 0.0359. The molecule has 0 unspecified atom stereocenters. The molecule has 166 valence electrons. The summed E-state index contributed by atoms with van der Waals surface area (Å²) in [6.45, 7) is 7.33. The third-order valence-electron chi connectivity index (χ3n) is 6.84. The van der Waals surface area contributed by atoms with Gasteiger partial charge in [-0.3, -0.25) is 14.5 Å². The molecule has 1 aromatic heterocycles. The van der Waals surface area contributed by atoms with Crippen LogP contribution in [0.25, 0.3) is 0 Å². The zero-order valence-electron chi connectivity index (χ0n) is 18.9. The van der Waals surface area contributed by atoms with Crippen LogP contribution in [0.3, 0.4) is 0 Å². The maximum absolute atomic E-state index is 13.1. The smallest absolute Gasteiger partial charge is 0.253 e. The third-order valence-corrected chi connectivity index (χ3v) is 6.84. The number of hydrogen-bond donors (Lipinski definition) is 0. The molecular formula is C25H33N3O3. The number of rotatable bonds is 6. The van der Waals surface area contributed by atoms with Gasteiger partial charge in [0, 0.05) is 54.7 Å². The predicted molar refractivity (Wildman–Crippen MR) is 121 cm³/mol. The summed E-state index contributed by atoms with van der Waals surface area (Å²) in [6, 6.07) is 9.84. The molecule has 6 nitrogen and oxygen atoms in total. The molecule has 1 amide bonds. The van der Waals surface area contributed by atoms with Gasteiger partial charge in [0.2, 0.25) is 0 Å². The minimum atomic E-state index is 0.0359. The standard InChI is InChI=1S/C25H33N3O3/c1-18-16-23(19(2)28(18)21-6-4-5-7-21)24(29)17-26-12-14-27(15-13-26)25(30)20-8-10-22(31-3)11-9-20/h8-11,16,21H,4-7,12-15,17H2,1-3H3. The Bertz CT molecular complexity index is 934. The molecule has 0 bridgehead atoms. The number of piperazine rings is 1. The monoisotopic (exact) mass is 423 g/mol. The molecule has 1 aromatic carbocycles. The molecule has 2 heterocycles. The lowest BCUT2D eigenvalue weighted by molar-refractivity contribution is 0.0624. The summed E-state index contributed by atoms with van der Waals surface area (Å²) >= 11 is 0. The van der Waals surface area contributed by atoms with E-state index in [2.05, 4.69) is 29.4 Å². The molecule has 0 radical (unpaired) electrons. The van der Waals surface area contributed by atoms with Crippen LogP contribution in [0.1, 0.15) is 63.8 Å². The number of ether oxygens (including phenoxy) is 1. The minimum Gasteiger partial charge on any atom is -0.497 e. The molecule has 2 aromatic rings. The van der Waals surface area contributed by atoms with Crippen LogP contribution in [-0.4, -0.2) is 65.9 Å². The van der Waals surface area contributed by atoms with Gasteiger partial charge in [0.15, 0.2) is 5.78 Å². The summed E-state index contributed by atoms with van der Waals surface area (Å²) in [5.41, 5.74) is 3.84. The van der Waals surface area contributed by atoms with E-state index in [0.717, 1.165) is 30.1 Å². The number of Topliss-reactive ketones (excluding diaryl/α,β-unsaturated/α-hetero) is 1. The van der Waals surface area contributed by atoms with Crippen LogP contribution in [0.4, 0.5) is 0 Å². The Morgan fingerprint density at radius 1 is 1.00 bits per heavy atom. The van der Waals surface area contributed by atoms with Crippen molar-refractivity contribution in [3.05, 3.63) is 52.8 Å². The molecule has 6 heteroatoms. The van der Waals surface area contributed by atoms with Gasteiger partial charge >= 0.3 is 0 Å². The van der Waals surface area contributed by atoms with Crippen molar-refractivity contribution in [2.24, 2.45) is 0 Å². The second kappa shape index (κ2) is 9.27. The van der Waals surface area contributed by atoms with E-state index in [1.54, 1.807) is 19.2 Å². The number of benzene rings is 1. The lowest BCUT2D eigenvalue weighted by Crippen LogP contribution is -2.49. The van der Waals surface area contributed by atoms with Crippen LogP contribution < -0.4 is 4.74 Å². The number of hydrogen-bond acceptors (Lipinski definition) is 4. The van der Waals surface area contributed by atoms with E-state index in [1.807, 2.05) is 17.0 Å². The van der Waals surface area contributed by atoms with Crippen molar-refractivity contribution in [1.82, 2.24) is 14.4 Å². The molecule has 4 rings (SSSR count). The number of amides is 1. The highest BCUT2D eigenvalue weighted by molar-refractivity contribution is 5.99. The van der Waals surface area contributed by atoms with Crippen LogP contribution in [0.2, 0.25) is 0 Å². The average molecular weight is 424 g/mol. The molecule has 0 spiro atoms. The van der Waals surface area contributed by atoms with Gasteiger partial charge in [-0.05, 0) is 57.0 Å². The van der Waals surface area contributed by atoms with E-state index in [0.29, 0.717) is 31.2 Å². The molecule has 2 aliphatic rings. The van der Waals surface area contributed by atoms with Crippen molar-refractivity contribution < 1.29 is 14.3 Å². The van der Waals surface area contributed by atoms with Gasteiger partial charge in [0.1, 0.15) is 5.75 Å². The van der Waals surface area contributed by atoms with Gasteiger partial charge in [-0.25, -0.2) is 0 Å². The fraction of sp³-hybridized carbons (Fsp3) is 0.520. The van der Waals surface area contributed by atoms with Gasteiger partial charge in [-0.1, -0.05) is 12.8 Å². The molecular weight excluding hydrogens is 390 g/mol. The number of carbonyl (C=O) groups is 2. The Morgan fingerprint density at radius 2 is 1.65 bits per heavy atom. The van der Waals surface area contributed by atoms with Gasteiger partial charge < -0.3 is 14.2 Å². The lowest BCUT2D eigenvalue weighted by Gasteiger charge is -2.34. The average Bonchev–Trinajstić information content (AvgIpc) is 3.41. The zero-order chi connectivity index (χ0) is 22.0. The number of aryl methyl sites for hydroxylation is 1. The maximum Gasteiger partial charge on any atom is 0.253 e. The molecule has 1 aliphatic carbocycles. The Kier molecular flexibility index (Phi) is 6.46. The Hall–Kier alpha value is -2.60. The number of nitrogens with zero attached hydrogens (tertiary/aromatic N) is 3. The summed E-state index contributed by atoms with van der Waals surface area (Å²) in [5.74, 6) is 0.966. The highest BCUT2D eigenvalue weighted by Crippen LogP contribution is 2.33. The van der Waals surface area contributed by atoms with Crippen LogP contribution in [0, 0.1) is 13.8 Å². The first kappa shape index (κ1) is 21.6. The molecule has 0 N–H and O–H groups in total. The highest BCUT2D eigenvalue weighted by Gasteiger charge is 2.27. The Morgan fingerprint density at radius 3 is 2.26 bits per heavy atom. The lowest BCUT2D eigenvalue weighted by atomic mass is 10.1.